The summed E-state index contributed by atoms with van der Waals surface area (Å²) >= 11 is 0. The maximum Gasteiger partial charge on any atom is 0.372 e. The molecule has 2 rings (SSSR count). The van der Waals surface area contributed by atoms with Gasteiger partial charge in [-0.1, -0.05) is 0 Å². The molecule has 1 aliphatic rings. The molecule has 17 heavy (non-hydrogen) atoms. The summed E-state index contributed by atoms with van der Waals surface area (Å²) in [4.78, 5) is 20.4. The third kappa shape index (κ3) is 2.27. The molecule has 92 valence electrons. The quantitative estimate of drug-likeness (QED) is 0.582. The Kier molecular flexibility index (Phi) is 3.36. The summed E-state index contributed by atoms with van der Waals surface area (Å²) in [7, 11) is 0. The fourth-order valence-corrected chi connectivity index (χ4v) is 1.92. The van der Waals surface area contributed by atoms with Crippen LogP contribution in [0.5, 0.6) is 5.88 Å². The van der Waals surface area contributed by atoms with Crippen molar-refractivity contribution in [3.8, 4) is 5.88 Å². The van der Waals surface area contributed by atoms with Crippen molar-refractivity contribution in [1.29, 1.82) is 0 Å². The predicted molar refractivity (Wildman–Crippen MR) is 61.3 cm³/mol. The van der Waals surface area contributed by atoms with Crippen LogP contribution in [0.15, 0.2) is 6.33 Å². The molecule has 0 unspecified atom stereocenters. The molecule has 0 aliphatic carbocycles. The Balaban J connectivity index is 2.42. The minimum atomic E-state index is -0.474. The fraction of sp³-hybridized carbons (Fsp3) is 0.600. The highest BCUT2D eigenvalue weighted by Gasteiger charge is 2.29. The molecule has 0 amide bonds. The van der Waals surface area contributed by atoms with Gasteiger partial charge in [-0.25, -0.2) is 4.98 Å². The molecule has 0 spiro atoms. The van der Waals surface area contributed by atoms with Gasteiger partial charge in [-0.15, -0.1) is 0 Å². The highest BCUT2D eigenvalue weighted by atomic mass is 16.6. The third-order valence-corrected chi connectivity index (χ3v) is 2.64. The van der Waals surface area contributed by atoms with Gasteiger partial charge in [-0.3, -0.25) is 10.1 Å². The second-order valence-corrected chi connectivity index (χ2v) is 3.74. The maximum absolute atomic E-state index is 11.1. The Labute approximate surface area is 98.6 Å². The number of ether oxygens (including phenoxy) is 1. The zero-order chi connectivity index (χ0) is 12.3. The largest absolute Gasteiger partial charge is 0.473 e. The minimum absolute atomic E-state index is 0.0504. The lowest BCUT2D eigenvalue weighted by atomic mass is 10.4. The second-order valence-electron chi connectivity index (χ2n) is 3.74. The summed E-state index contributed by atoms with van der Waals surface area (Å²) in [5.41, 5.74) is -0.128. The molecule has 1 aromatic heterocycles. The lowest BCUT2D eigenvalue weighted by molar-refractivity contribution is -0.385. The topological polar surface area (TPSA) is 81.4 Å². The van der Waals surface area contributed by atoms with Crippen molar-refractivity contribution in [2.45, 2.75) is 19.8 Å². The van der Waals surface area contributed by atoms with Crippen LogP contribution in [0.3, 0.4) is 0 Å². The van der Waals surface area contributed by atoms with Gasteiger partial charge in [0.15, 0.2) is 0 Å². The van der Waals surface area contributed by atoms with Gasteiger partial charge in [0.1, 0.15) is 6.33 Å². The van der Waals surface area contributed by atoms with Gasteiger partial charge in [0, 0.05) is 13.1 Å². The van der Waals surface area contributed by atoms with E-state index in [1.807, 2.05) is 4.90 Å². The molecular formula is C10H14N4O3. The Morgan fingerprint density at radius 2 is 2.18 bits per heavy atom. The van der Waals surface area contributed by atoms with Gasteiger partial charge < -0.3 is 9.64 Å². The van der Waals surface area contributed by atoms with Crippen molar-refractivity contribution in [2.24, 2.45) is 0 Å². The van der Waals surface area contributed by atoms with Crippen LogP contribution < -0.4 is 9.64 Å². The highest BCUT2D eigenvalue weighted by Crippen LogP contribution is 2.34. The Morgan fingerprint density at radius 1 is 1.47 bits per heavy atom. The second kappa shape index (κ2) is 4.94. The normalized spacial score (nSPS) is 15.0. The fourth-order valence-electron chi connectivity index (χ4n) is 1.92. The third-order valence-electron chi connectivity index (χ3n) is 2.64. The van der Waals surface area contributed by atoms with Gasteiger partial charge in [-0.2, -0.15) is 4.98 Å². The molecule has 1 fully saturated rings. The first-order chi connectivity index (χ1) is 8.24. The van der Waals surface area contributed by atoms with Crippen molar-refractivity contribution < 1.29 is 9.66 Å². The molecule has 1 aromatic rings. The number of hydrogen-bond acceptors (Lipinski definition) is 6. The van der Waals surface area contributed by atoms with E-state index < -0.39 is 4.92 Å². The first-order valence-electron chi connectivity index (χ1n) is 5.61. The number of rotatable bonds is 4. The van der Waals surface area contributed by atoms with E-state index in [0.29, 0.717) is 12.4 Å². The molecule has 7 heteroatoms. The van der Waals surface area contributed by atoms with Crippen LogP contribution in [0, 0.1) is 10.1 Å². The summed E-state index contributed by atoms with van der Waals surface area (Å²) in [6.07, 6.45) is 3.38. The highest BCUT2D eigenvalue weighted by molar-refractivity contribution is 5.63. The molecule has 0 aromatic carbocycles. The van der Waals surface area contributed by atoms with Crippen molar-refractivity contribution in [3.05, 3.63) is 16.4 Å². The average Bonchev–Trinajstić information content (AvgIpc) is 2.82. The molecule has 0 atom stereocenters. The van der Waals surface area contributed by atoms with E-state index in [4.69, 9.17) is 4.74 Å². The van der Waals surface area contributed by atoms with Gasteiger partial charge in [0.05, 0.1) is 11.5 Å². The van der Waals surface area contributed by atoms with Crippen LogP contribution in [0.4, 0.5) is 11.5 Å². The summed E-state index contributed by atoms with van der Waals surface area (Å²) in [5.74, 6) is 0.417. The van der Waals surface area contributed by atoms with Crippen molar-refractivity contribution >= 4 is 11.5 Å². The van der Waals surface area contributed by atoms with Crippen LogP contribution in [-0.4, -0.2) is 34.6 Å². The standard InChI is InChI=1S/C10H14N4O3/c1-2-17-10-8(14(15)16)9(11-7-12-10)13-5-3-4-6-13/h7H,2-6H2,1H3. The lowest BCUT2D eigenvalue weighted by Crippen LogP contribution is -2.21. The minimum Gasteiger partial charge on any atom is -0.473 e. The molecule has 0 saturated carbocycles. The number of nitrogens with zero attached hydrogens (tertiary/aromatic N) is 4. The first kappa shape index (κ1) is 11.6. The van der Waals surface area contributed by atoms with Crippen LogP contribution in [0.25, 0.3) is 0 Å². The van der Waals surface area contributed by atoms with Crippen LogP contribution in [-0.2, 0) is 0 Å². The molecule has 0 radical (unpaired) electrons. The zero-order valence-electron chi connectivity index (χ0n) is 9.63. The Bertz CT molecular complexity index is 418. The van der Waals surface area contributed by atoms with E-state index in [-0.39, 0.29) is 11.6 Å². The SMILES string of the molecule is CCOc1ncnc(N2CCCC2)c1[N+](=O)[O-]. The number of hydrogen-bond donors (Lipinski definition) is 0. The number of aromatic nitrogens is 2. The molecule has 0 bridgehead atoms. The van der Waals surface area contributed by atoms with E-state index in [1.165, 1.54) is 6.33 Å². The molecule has 1 aliphatic heterocycles. The summed E-state index contributed by atoms with van der Waals surface area (Å²) in [6, 6.07) is 0. The van der Waals surface area contributed by atoms with E-state index >= 15 is 0 Å². The van der Waals surface area contributed by atoms with Crippen molar-refractivity contribution in [3.63, 3.8) is 0 Å². The molecule has 2 heterocycles. The van der Waals surface area contributed by atoms with Crippen LogP contribution in [0.2, 0.25) is 0 Å². The summed E-state index contributed by atoms with van der Waals surface area (Å²) in [6.45, 7) is 3.70. The first-order valence-corrected chi connectivity index (χ1v) is 5.61. The van der Waals surface area contributed by atoms with Gasteiger partial charge in [0.2, 0.25) is 5.82 Å². The molecular weight excluding hydrogens is 224 g/mol. The maximum atomic E-state index is 11.1. The van der Waals surface area contributed by atoms with Gasteiger partial charge in [-0.05, 0) is 19.8 Å². The van der Waals surface area contributed by atoms with Crippen molar-refractivity contribution in [1.82, 2.24) is 9.97 Å². The molecule has 1 saturated heterocycles. The summed E-state index contributed by atoms with van der Waals surface area (Å²) in [5, 5.41) is 11.1. The van der Waals surface area contributed by atoms with Gasteiger partial charge in [0.25, 0.3) is 5.88 Å². The van der Waals surface area contributed by atoms with Crippen molar-refractivity contribution in [2.75, 3.05) is 24.6 Å². The van der Waals surface area contributed by atoms with E-state index in [0.717, 1.165) is 25.9 Å². The monoisotopic (exact) mass is 238 g/mol. The average molecular weight is 238 g/mol. The van der Waals surface area contributed by atoms with E-state index in [9.17, 15) is 10.1 Å². The Morgan fingerprint density at radius 3 is 2.76 bits per heavy atom. The predicted octanol–water partition coefficient (Wildman–Crippen LogP) is 1.38. The zero-order valence-corrected chi connectivity index (χ0v) is 9.63. The van der Waals surface area contributed by atoms with E-state index in [1.54, 1.807) is 6.92 Å². The van der Waals surface area contributed by atoms with Gasteiger partial charge >= 0.3 is 5.69 Å². The van der Waals surface area contributed by atoms with E-state index in [2.05, 4.69) is 9.97 Å². The lowest BCUT2D eigenvalue weighted by Gasteiger charge is -2.16. The molecule has 7 nitrogen and oxygen atoms in total. The number of nitro groups is 1. The summed E-state index contributed by atoms with van der Waals surface area (Å²) < 4.78 is 5.18. The number of anilines is 1. The van der Waals surface area contributed by atoms with Crippen LogP contribution in [0.1, 0.15) is 19.8 Å². The molecule has 0 N–H and O–H groups in total. The van der Waals surface area contributed by atoms with Crippen LogP contribution >= 0.6 is 0 Å². The Hall–Kier alpha value is -1.92. The smallest absolute Gasteiger partial charge is 0.372 e.